The second-order valence-electron chi connectivity index (χ2n) is 5.65. The van der Waals surface area contributed by atoms with Gasteiger partial charge in [0.15, 0.2) is 6.61 Å². The van der Waals surface area contributed by atoms with E-state index in [-0.39, 0.29) is 18.6 Å². The highest BCUT2D eigenvalue weighted by Crippen LogP contribution is 2.34. The number of carbonyl (C=O) groups is 1. The number of ether oxygens (including phenoxy) is 2. The summed E-state index contributed by atoms with van der Waals surface area (Å²) in [4.78, 5) is 13.9. The lowest BCUT2D eigenvalue weighted by Gasteiger charge is -2.30. The average Bonchev–Trinajstić information content (AvgIpc) is 2.58. The molecule has 2 N–H and O–H groups in total. The third-order valence-electron chi connectivity index (χ3n) is 3.85. The van der Waals surface area contributed by atoms with Gasteiger partial charge in [-0.15, -0.1) is 0 Å². The zero-order valence-electron chi connectivity index (χ0n) is 13.4. The van der Waals surface area contributed by atoms with Gasteiger partial charge < -0.3 is 20.1 Å². The highest BCUT2D eigenvalue weighted by Gasteiger charge is 2.26. The summed E-state index contributed by atoms with van der Waals surface area (Å²) in [7, 11) is 0. The monoisotopic (exact) mass is 346 g/mol. The molecule has 1 atom stereocenters. The van der Waals surface area contributed by atoms with E-state index in [9.17, 15) is 4.79 Å². The van der Waals surface area contributed by atoms with Gasteiger partial charge in [-0.2, -0.15) is 0 Å². The van der Waals surface area contributed by atoms with E-state index in [2.05, 4.69) is 0 Å². The third kappa shape index (κ3) is 3.63. The van der Waals surface area contributed by atoms with Crippen molar-refractivity contribution in [3.05, 3.63) is 53.1 Å². The number of nitrogens with two attached hydrogens (primary N) is 1. The summed E-state index contributed by atoms with van der Waals surface area (Å²) >= 11 is 5.85. The molecule has 0 saturated carbocycles. The Kier molecular flexibility index (Phi) is 4.92. The maximum atomic E-state index is 12.2. The zero-order chi connectivity index (χ0) is 17.1. The molecule has 1 aliphatic rings. The molecule has 24 heavy (non-hydrogen) atoms. The lowest BCUT2D eigenvalue weighted by molar-refractivity contribution is -0.121. The number of nitrogens with zero attached hydrogens (tertiary/aromatic N) is 1. The number of carbonyl (C=O) groups excluding carboxylic acids is 1. The van der Waals surface area contributed by atoms with Crippen LogP contribution in [0.3, 0.4) is 0 Å². The Morgan fingerprint density at radius 3 is 2.75 bits per heavy atom. The molecule has 0 radical (unpaired) electrons. The van der Waals surface area contributed by atoms with E-state index < -0.39 is 0 Å². The number of hydrogen-bond acceptors (Lipinski definition) is 4. The van der Waals surface area contributed by atoms with Crippen LogP contribution in [0.25, 0.3) is 0 Å². The normalized spacial score (nSPS) is 14.8. The van der Waals surface area contributed by atoms with Gasteiger partial charge in [-0.3, -0.25) is 4.79 Å². The third-order valence-corrected chi connectivity index (χ3v) is 4.10. The van der Waals surface area contributed by atoms with Crippen molar-refractivity contribution in [3.8, 4) is 11.5 Å². The number of fused-ring (bicyclic) bond motifs is 1. The Labute approximate surface area is 145 Å². The fourth-order valence-corrected chi connectivity index (χ4v) is 2.66. The van der Waals surface area contributed by atoms with Crippen molar-refractivity contribution in [1.82, 2.24) is 0 Å². The SMILES string of the molecule is CC(N)c1ccc2c(c1)N(CCOc1ccc(Cl)cc1)C(=O)CO2. The maximum Gasteiger partial charge on any atom is 0.265 e. The minimum Gasteiger partial charge on any atom is -0.492 e. The van der Waals surface area contributed by atoms with Crippen molar-refractivity contribution in [3.63, 3.8) is 0 Å². The molecule has 0 fully saturated rings. The molecule has 2 aromatic carbocycles. The van der Waals surface area contributed by atoms with E-state index in [1.165, 1.54) is 0 Å². The quantitative estimate of drug-likeness (QED) is 0.903. The van der Waals surface area contributed by atoms with Crippen molar-refractivity contribution < 1.29 is 14.3 Å². The summed E-state index contributed by atoms with van der Waals surface area (Å²) in [6.07, 6.45) is 0. The molecule has 1 unspecified atom stereocenters. The molecule has 1 amide bonds. The molecule has 0 aromatic heterocycles. The van der Waals surface area contributed by atoms with Gasteiger partial charge in [-0.05, 0) is 48.9 Å². The van der Waals surface area contributed by atoms with Gasteiger partial charge in [-0.25, -0.2) is 0 Å². The summed E-state index contributed by atoms with van der Waals surface area (Å²) in [5.74, 6) is 1.30. The fourth-order valence-electron chi connectivity index (χ4n) is 2.53. The largest absolute Gasteiger partial charge is 0.492 e. The number of hydrogen-bond donors (Lipinski definition) is 1. The second kappa shape index (κ2) is 7.11. The van der Waals surface area contributed by atoms with Gasteiger partial charge in [0, 0.05) is 11.1 Å². The molecule has 0 spiro atoms. The molecule has 1 heterocycles. The van der Waals surface area contributed by atoms with E-state index in [4.69, 9.17) is 26.8 Å². The van der Waals surface area contributed by atoms with Crippen molar-refractivity contribution in [2.45, 2.75) is 13.0 Å². The Balaban J connectivity index is 1.72. The van der Waals surface area contributed by atoms with E-state index >= 15 is 0 Å². The summed E-state index contributed by atoms with van der Waals surface area (Å²) in [5, 5.41) is 0.656. The maximum absolute atomic E-state index is 12.2. The molecule has 0 aliphatic carbocycles. The summed E-state index contributed by atoms with van der Waals surface area (Å²) in [6, 6.07) is 12.7. The van der Waals surface area contributed by atoms with Crippen LogP contribution in [-0.4, -0.2) is 25.7 Å². The van der Waals surface area contributed by atoms with E-state index in [1.807, 2.05) is 25.1 Å². The zero-order valence-corrected chi connectivity index (χ0v) is 14.1. The Morgan fingerprint density at radius 2 is 2.04 bits per heavy atom. The van der Waals surface area contributed by atoms with Gasteiger partial charge in [0.2, 0.25) is 0 Å². The van der Waals surface area contributed by atoms with Crippen molar-refractivity contribution >= 4 is 23.2 Å². The van der Waals surface area contributed by atoms with Crippen LogP contribution in [0.1, 0.15) is 18.5 Å². The van der Waals surface area contributed by atoms with Crippen LogP contribution in [0.15, 0.2) is 42.5 Å². The molecule has 3 rings (SSSR count). The predicted octanol–water partition coefficient (Wildman–Crippen LogP) is 3.16. The number of amides is 1. The topological polar surface area (TPSA) is 64.8 Å². The second-order valence-corrected chi connectivity index (χ2v) is 6.09. The highest BCUT2D eigenvalue weighted by molar-refractivity contribution is 6.30. The van der Waals surface area contributed by atoms with E-state index in [1.54, 1.807) is 29.2 Å². The number of halogens is 1. The summed E-state index contributed by atoms with van der Waals surface area (Å²) in [5.41, 5.74) is 7.63. The molecular formula is C18H19ClN2O3. The average molecular weight is 347 g/mol. The van der Waals surface area contributed by atoms with E-state index in [0.29, 0.717) is 29.7 Å². The van der Waals surface area contributed by atoms with Crippen LogP contribution in [0, 0.1) is 0 Å². The van der Waals surface area contributed by atoms with E-state index in [0.717, 1.165) is 11.3 Å². The molecule has 5 nitrogen and oxygen atoms in total. The fraction of sp³-hybridized carbons (Fsp3) is 0.278. The number of rotatable bonds is 5. The van der Waals surface area contributed by atoms with Crippen LogP contribution in [-0.2, 0) is 4.79 Å². The highest BCUT2D eigenvalue weighted by atomic mass is 35.5. The van der Waals surface area contributed by atoms with Crippen molar-refractivity contribution in [1.29, 1.82) is 0 Å². The van der Waals surface area contributed by atoms with Gasteiger partial charge in [0.25, 0.3) is 5.91 Å². The van der Waals surface area contributed by atoms with Gasteiger partial charge in [0.1, 0.15) is 18.1 Å². The smallest absolute Gasteiger partial charge is 0.265 e. The van der Waals surface area contributed by atoms with Crippen LogP contribution in [0.4, 0.5) is 5.69 Å². The Bertz CT molecular complexity index is 732. The molecule has 0 bridgehead atoms. The minimum atomic E-state index is -0.112. The Hall–Kier alpha value is -2.24. The molecule has 126 valence electrons. The standard InChI is InChI=1S/C18H19ClN2O3/c1-12(20)13-2-7-17-16(10-13)21(18(22)11-24-17)8-9-23-15-5-3-14(19)4-6-15/h2-7,10,12H,8-9,11,20H2,1H3. The molecule has 2 aromatic rings. The minimum absolute atomic E-state index is 0.0332. The molecule has 1 aliphatic heterocycles. The first-order valence-electron chi connectivity index (χ1n) is 7.75. The van der Waals surface area contributed by atoms with Crippen molar-refractivity contribution in [2.24, 2.45) is 5.73 Å². The van der Waals surface area contributed by atoms with Gasteiger partial charge >= 0.3 is 0 Å². The predicted molar refractivity (Wildman–Crippen MR) is 93.8 cm³/mol. The summed E-state index contributed by atoms with van der Waals surface area (Å²) < 4.78 is 11.2. The first kappa shape index (κ1) is 16.6. The van der Waals surface area contributed by atoms with Crippen LogP contribution in [0.5, 0.6) is 11.5 Å². The van der Waals surface area contributed by atoms with Crippen LogP contribution in [0.2, 0.25) is 5.02 Å². The first-order chi connectivity index (χ1) is 11.5. The summed E-state index contributed by atoms with van der Waals surface area (Å²) in [6.45, 7) is 2.74. The lowest BCUT2D eigenvalue weighted by atomic mass is 10.1. The van der Waals surface area contributed by atoms with Crippen LogP contribution >= 0.6 is 11.6 Å². The van der Waals surface area contributed by atoms with Gasteiger partial charge in [-0.1, -0.05) is 17.7 Å². The van der Waals surface area contributed by atoms with Crippen LogP contribution < -0.4 is 20.1 Å². The van der Waals surface area contributed by atoms with Gasteiger partial charge in [0.05, 0.1) is 12.2 Å². The van der Waals surface area contributed by atoms with Crippen molar-refractivity contribution in [2.75, 3.05) is 24.7 Å². The lowest BCUT2D eigenvalue weighted by Crippen LogP contribution is -2.41. The first-order valence-corrected chi connectivity index (χ1v) is 8.13. The number of benzene rings is 2. The Morgan fingerprint density at radius 1 is 1.29 bits per heavy atom. The molecule has 6 heteroatoms. The number of anilines is 1. The molecule has 0 saturated heterocycles. The molecular weight excluding hydrogens is 328 g/mol.